The molecule has 0 spiro atoms. The van der Waals surface area contributed by atoms with Crippen molar-refractivity contribution in [2.45, 2.75) is 84.6 Å². The molecule has 0 saturated carbocycles. The van der Waals surface area contributed by atoms with Crippen molar-refractivity contribution in [3.63, 3.8) is 0 Å². The monoisotopic (exact) mass is 257 g/mol. The summed E-state index contributed by atoms with van der Waals surface area (Å²) in [5.74, 6) is 0.660. The van der Waals surface area contributed by atoms with Gasteiger partial charge in [-0.3, -0.25) is 0 Å². The van der Waals surface area contributed by atoms with Gasteiger partial charge in [-0.1, -0.05) is 65.7 Å². The lowest BCUT2D eigenvalue weighted by molar-refractivity contribution is 0.224. The van der Waals surface area contributed by atoms with Gasteiger partial charge in [-0.2, -0.15) is 0 Å². The maximum absolute atomic E-state index is 9.24. The van der Waals surface area contributed by atoms with Gasteiger partial charge in [0.1, 0.15) is 0 Å². The van der Waals surface area contributed by atoms with Crippen molar-refractivity contribution in [3.05, 3.63) is 0 Å². The average Bonchev–Trinajstić information content (AvgIpc) is 2.35. The Bertz CT molecular complexity index is 159. The van der Waals surface area contributed by atoms with Gasteiger partial charge in [0.2, 0.25) is 0 Å². The van der Waals surface area contributed by atoms with Crippen LogP contribution in [0.25, 0.3) is 0 Å². The minimum atomic E-state index is 0.273. The van der Waals surface area contributed by atoms with Gasteiger partial charge in [0, 0.05) is 6.04 Å². The first-order valence-electron chi connectivity index (χ1n) is 8.05. The largest absolute Gasteiger partial charge is 0.395 e. The van der Waals surface area contributed by atoms with Crippen LogP contribution in [-0.2, 0) is 0 Å². The first-order valence-corrected chi connectivity index (χ1v) is 8.05. The van der Waals surface area contributed by atoms with E-state index < -0.39 is 0 Å². The highest BCUT2D eigenvalue weighted by Crippen LogP contribution is 2.08. The van der Waals surface area contributed by atoms with E-state index in [1.807, 2.05) is 0 Å². The van der Waals surface area contributed by atoms with Gasteiger partial charge in [-0.15, -0.1) is 0 Å². The summed E-state index contributed by atoms with van der Waals surface area (Å²) in [6, 6.07) is 0.301. The highest BCUT2D eigenvalue weighted by Gasteiger charge is 2.07. The van der Waals surface area contributed by atoms with Crippen LogP contribution in [-0.4, -0.2) is 24.3 Å². The van der Waals surface area contributed by atoms with E-state index in [9.17, 15) is 5.11 Å². The van der Waals surface area contributed by atoms with E-state index in [0.29, 0.717) is 12.0 Å². The van der Waals surface area contributed by atoms with Gasteiger partial charge in [0.15, 0.2) is 0 Å². The van der Waals surface area contributed by atoms with Gasteiger partial charge >= 0.3 is 0 Å². The standard InChI is InChI=1S/C16H35NO/c1-4-5-6-7-8-9-10-11-12-17-16(14-18)13-15(2)3/h15-18H,4-14H2,1-3H3. The molecule has 2 heteroatoms. The molecule has 0 aliphatic rings. The molecular weight excluding hydrogens is 222 g/mol. The predicted octanol–water partition coefficient (Wildman–Crippen LogP) is 4.12. The second-order valence-corrected chi connectivity index (χ2v) is 5.94. The van der Waals surface area contributed by atoms with E-state index in [2.05, 4.69) is 26.1 Å². The molecule has 1 atom stereocenters. The number of nitrogens with one attached hydrogen (secondary N) is 1. The molecule has 0 fully saturated rings. The van der Waals surface area contributed by atoms with Crippen LogP contribution in [0.5, 0.6) is 0 Å². The molecule has 0 radical (unpaired) electrons. The maximum atomic E-state index is 9.24. The molecular formula is C16H35NO. The summed E-state index contributed by atoms with van der Waals surface area (Å²) in [5.41, 5.74) is 0. The third kappa shape index (κ3) is 12.4. The zero-order chi connectivity index (χ0) is 13.6. The number of unbranched alkanes of at least 4 members (excludes halogenated alkanes) is 7. The molecule has 0 aliphatic heterocycles. The van der Waals surface area contributed by atoms with Crippen LogP contribution < -0.4 is 5.32 Å². The lowest BCUT2D eigenvalue weighted by Crippen LogP contribution is -2.34. The molecule has 110 valence electrons. The lowest BCUT2D eigenvalue weighted by Gasteiger charge is -2.18. The van der Waals surface area contributed by atoms with E-state index in [1.54, 1.807) is 0 Å². The van der Waals surface area contributed by atoms with E-state index in [-0.39, 0.29) is 6.61 Å². The first kappa shape index (κ1) is 17.9. The molecule has 0 bridgehead atoms. The van der Waals surface area contributed by atoms with Gasteiger partial charge in [0.05, 0.1) is 6.61 Å². The third-order valence-corrected chi connectivity index (χ3v) is 3.44. The number of hydrogen-bond donors (Lipinski definition) is 2. The van der Waals surface area contributed by atoms with Crippen molar-refractivity contribution >= 4 is 0 Å². The summed E-state index contributed by atoms with van der Waals surface area (Å²) in [7, 11) is 0. The van der Waals surface area contributed by atoms with Crippen molar-refractivity contribution in [2.24, 2.45) is 5.92 Å². The van der Waals surface area contributed by atoms with Crippen molar-refractivity contribution in [2.75, 3.05) is 13.2 Å². The number of rotatable bonds is 13. The summed E-state index contributed by atoms with van der Waals surface area (Å²) < 4.78 is 0. The van der Waals surface area contributed by atoms with Crippen LogP contribution in [0.15, 0.2) is 0 Å². The van der Waals surface area contributed by atoms with Crippen LogP contribution in [0.4, 0.5) is 0 Å². The Morgan fingerprint density at radius 2 is 1.44 bits per heavy atom. The quantitative estimate of drug-likeness (QED) is 0.486. The predicted molar refractivity (Wildman–Crippen MR) is 80.9 cm³/mol. The zero-order valence-corrected chi connectivity index (χ0v) is 12.9. The normalized spacial score (nSPS) is 13.2. The van der Waals surface area contributed by atoms with Gasteiger partial charge in [-0.25, -0.2) is 0 Å². The van der Waals surface area contributed by atoms with Crippen molar-refractivity contribution < 1.29 is 5.11 Å². The van der Waals surface area contributed by atoms with Gasteiger partial charge in [-0.05, 0) is 25.3 Å². The van der Waals surface area contributed by atoms with Crippen LogP contribution in [0.3, 0.4) is 0 Å². The van der Waals surface area contributed by atoms with Crippen molar-refractivity contribution in [1.29, 1.82) is 0 Å². The fourth-order valence-corrected chi connectivity index (χ4v) is 2.36. The summed E-state index contributed by atoms with van der Waals surface area (Å²) in [6.45, 7) is 8.02. The average molecular weight is 257 g/mol. The molecule has 0 heterocycles. The smallest absolute Gasteiger partial charge is 0.0584 e. The first-order chi connectivity index (χ1) is 8.70. The number of aliphatic hydroxyl groups is 1. The molecule has 2 N–H and O–H groups in total. The molecule has 0 rings (SSSR count). The van der Waals surface area contributed by atoms with Gasteiger partial charge in [0.25, 0.3) is 0 Å². The SMILES string of the molecule is CCCCCCCCCCNC(CO)CC(C)C. The maximum Gasteiger partial charge on any atom is 0.0584 e. The summed E-state index contributed by atoms with van der Waals surface area (Å²) >= 11 is 0. The summed E-state index contributed by atoms with van der Waals surface area (Å²) in [6.07, 6.45) is 12.0. The van der Waals surface area contributed by atoms with Crippen LogP contribution >= 0.6 is 0 Å². The fraction of sp³-hybridized carbons (Fsp3) is 1.00. The highest BCUT2D eigenvalue weighted by atomic mass is 16.3. The van der Waals surface area contributed by atoms with Crippen LogP contribution in [0, 0.1) is 5.92 Å². The van der Waals surface area contributed by atoms with Crippen molar-refractivity contribution in [1.82, 2.24) is 5.32 Å². The van der Waals surface area contributed by atoms with Gasteiger partial charge < -0.3 is 10.4 Å². The highest BCUT2D eigenvalue weighted by molar-refractivity contribution is 4.67. The Hall–Kier alpha value is -0.0800. The molecule has 0 saturated heterocycles. The molecule has 2 nitrogen and oxygen atoms in total. The lowest BCUT2D eigenvalue weighted by atomic mass is 10.0. The van der Waals surface area contributed by atoms with Crippen LogP contribution in [0.2, 0.25) is 0 Å². The van der Waals surface area contributed by atoms with E-state index >= 15 is 0 Å². The Kier molecular flexibility index (Phi) is 13.3. The second kappa shape index (κ2) is 13.4. The molecule has 0 aromatic rings. The summed E-state index contributed by atoms with van der Waals surface area (Å²) in [5, 5.41) is 12.7. The minimum absolute atomic E-state index is 0.273. The van der Waals surface area contributed by atoms with E-state index in [1.165, 1.54) is 51.4 Å². The molecule has 18 heavy (non-hydrogen) atoms. The molecule has 0 aliphatic carbocycles. The Labute approximate surface area is 115 Å². The Morgan fingerprint density at radius 1 is 0.889 bits per heavy atom. The van der Waals surface area contributed by atoms with Crippen molar-refractivity contribution in [3.8, 4) is 0 Å². The molecule has 1 unspecified atom stereocenters. The topological polar surface area (TPSA) is 32.3 Å². The Balaban J connectivity index is 3.23. The second-order valence-electron chi connectivity index (χ2n) is 5.94. The minimum Gasteiger partial charge on any atom is -0.395 e. The fourth-order valence-electron chi connectivity index (χ4n) is 2.36. The molecule has 0 aromatic carbocycles. The number of aliphatic hydroxyl groups excluding tert-OH is 1. The summed E-state index contributed by atoms with van der Waals surface area (Å²) in [4.78, 5) is 0. The number of hydrogen-bond acceptors (Lipinski definition) is 2. The van der Waals surface area contributed by atoms with E-state index in [0.717, 1.165) is 13.0 Å². The third-order valence-electron chi connectivity index (χ3n) is 3.44. The molecule has 0 amide bonds. The van der Waals surface area contributed by atoms with Crippen LogP contribution in [0.1, 0.15) is 78.6 Å². The molecule has 0 aromatic heterocycles. The van der Waals surface area contributed by atoms with E-state index in [4.69, 9.17) is 0 Å². The Morgan fingerprint density at radius 3 is 1.94 bits per heavy atom. The zero-order valence-electron chi connectivity index (χ0n) is 12.9.